The first-order valence-electron chi connectivity index (χ1n) is 7.92. The molecule has 24 heavy (non-hydrogen) atoms. The summed E-state index contributed by atoms with van der Waals surface area (Å²) >= 11 is 7.29. The van der Waals surface area contributed by atoms with Crippen LogP contribution < -0.4 is 0 Å². The number of thiocarbonyl (C=S) groups is 1. The lowest BCUT2D eigenvalue weighted by Gasteiger charge is -2.24. The molecule has 0 spiro atoms. The Morgan fingerprint density at radius 3 is 1.54 bits per heavy atom. The van der Waals surface area contributed by atoms with Crippen molar-refractivity contribution < 1.29 is 0 Å². The highest BCUT2D eigenvalue weighted by Crippen LogP contribution is 2.35. The Kier molecular flexibility index (Phi) is 9.76. The molecule has 0 N–H and O–H groups in total. The predicted octanol–water partition coefficient (Wildman–Crippen LogP) is 5.41. The standard InChI is InChI=1S/C18H21N3S3/c1-4-13-16(7-21-12-22)14(5-2)18(9-24-11-20)15(6-3)17(13)8-23-10-19/h4-9H2,1-3H3. The van der Waals surface area contributed by atoms with Crippen molar-refractivity contribution in [2.24, 2.45) is 4.99 Å². The number of thiocyanates is 2. The molecule has 0 saturated heterocycles. The summed E-state index contributed by atoms with van der Waals surface area (Å²) in [6, 6.07) is 0. The van der Waals surface area contributed by atoms with E-state index in [1.807, 2.05) is 0 Å². The maximum Gasteiger partial charge on any atom is 0.133 e. The number of isothiocyanates is 1. The Bertz CT molecular complexity index is 661. The van der Waals surface area contributed by atoms with Crippen LogP contribution >= 0.6 is 35.7 Å². The highest BCUT2D eigenvalue weighted by atomic mass is 32.2. The third-order valence-electron chi connectivity index (χ3n) is 4.11. The van der Waals surface area contributed by atoms with Gasteiger partial charge in [0.05, 0.1) is 11.7 Å². The van der Waals surface area contributed by atoms with Crippen molar-refractivity contribution in [1.82, 2.24) is 0 Å². The summed E-state index contributed by atoms with van der Waals surface area (Å²) in [6.07, 6.45) is 2.70. The van der Waals surface area contributed by atoms with E-state index in [4.69, 9.17) is 22.7 Å². The molecule has 126 valence electrons. The van der Waals surface area contributed by atoms with Crippen LogP contribution in [0.5, 0.6) is 0 Å². The molecule has 0 heterocycles. The summed E-state index contributed by atoms with van der Waals surface area (Å²) in [5, 5.41) is 24.8. The predicted molar refractivity (Wildman–Crippen MR) is 107 cm³/mol. The van der Waals surface area contributed by atoms with E-state index < -0.39 is 0 Å². The van der Waals surface area contributed by atoms with Gasteiger partial charge < -0.3 is 0 Å². The topological polar surface area (TPSA) is 59.9 Å². The molecule has 0 aliphatic heterocycles. The second-order valence-corrected chi connectivity index (χ2v) is 6.80. The zero-order valence-electron chi connectivity index (χ0n) is 14.3. The monoisotopic (exact) mass is 375 g/mol. The molecule has 0 saturated carbocycles. The van der Waals surface area contributed by atoms with Crippen LogP contribution in [0.25, 0.3) is 0 Å². The summed E-state index contributed by atoms with van der Waals surface area (Å²) in [6.45, 7) is 6.95. The molecule has 0 fully saturated rings. The molecule has 1 rings (SSSR count). The van der Waals surface area contributed by atoms with E-state index in [-0.39, 0.29) is 0 Å². The summed E-state index contributed by atoms with van der Waals surface area (Å²) in [5.74, 6) is 1.34. The molecular weight excluding hydrogens is 354 g/mol. The number of aliphatic imine (C=N–C) groups is 1. The van der Waals surface area contributed by atoms with Crippen molar-refractivity contribution in [3.63, 3.8) is 0 Å². The Balaban J connectivity index is 3.74. The maximum atomic E-state index is 9.00. The van der Waals surface area contributed by atoms with E-state index in [9.17, 15) is 0 Å². The van der Waals surface area contributed by atoms with Gasteiger partial charge in [-0.3, -0.25) is 0 Å². The van der Waals surface area contributed by atoms with Gasteiger partial charge in [0.1, 0.15) is 10.8 Å². The minimum Gasteiger partial charge on any atom is -0.228 e. The summed E-state index contributed by atoms with van der Waals surface area (Å²) in [4.78, 5) is 4.18. The normalized spacial score (nSPS) is 9.88. The molecule has 0 atom stereocenters. The van der Waals surface area contributed by atoms with Crippen LogP contribution in [-0.4, -0.2) is 5.16 Å². The van der Waals surface area contributed by atoms with E-state index in [0.29, 0.717) is 18.1 Å². The average molecular weight is 376 g/mol. The van der Waals surface area contributed by atoms with Gasteiger partial charge in [-0.1, -0.05) is 20.8 Å². The molecule has 0 unspecified atom stereocenters. The third-order valence-corrected chi connectivity index (χ3v) is 5.36. The van der Waals surface area contributed by atoms with E-state index in [2.05, 4.69) is 41.7 Å². The number of nitrogens with zero attached hydrogens (tertiary/aromatic N) is 3. The Labute approximate surface area is 158 Å². The fourth-order valence-corrected chi connectivity index (χ4v) is 4.41. The highest BCUT2D eigenvalue weighted by molar-refractivity contribution is 8.03. The molecule has 0 bridgehead atoms. The van der Waals surface area contributed by atoms with Gasteiger partial charge in [0.15, 0.2) is 0 Å². The van der Waals surface area contributed by atoms with Crippen LogP contribution in [0.1, 0.15) is 54.2 Å². The largest absolute Gasteiger partial charge is 0.228 e. The number of benzene rings is 1. The van der Waals surface area contributed by atoms with Gasteiger partial charge in [-0.05, 0) is 88.4 Å². The van der Waals surface area contributed by atoms with Crippen LogP contribution in [0.4, 0.5) is 0 Å². The van der Waals surface area contributed by atoms with E-state index in [0.717, 1.165) is 19.3 Å². The number of hydrogen-bond donors (Lipinski definition) is 0. The van der Waals surface area contributed by atoms with Crippen molar-refractivity contribution in [2.45, 2.75) is 58.1 Å². The molecule has 0 aliphatic carbocycles. The third kappa shape index (κ3) is 4.85. The molecule has 3 nitrogen and oxygen atoms in total. The minimum absolute atomic E-state index is 0.522. The minimum atomic E-state index is 0.522. The number of hydrogen-bond acceptors (Lipinski definition) is 6. The zero-order valence-corrected chi connectivity index (χ0v) is 16.8. The average Bonchev–Trinajstić information content (AvgIpc) is 2.61. The van der Waals surface area contributed by atoms with Crippen LogP contribution in [0.15, 0.2) is 4.99 Å². The Hall–Kier alpha value is -1.30. The quantitative estimate of drug-likeness (QED) is 0.328. The van der Waals surface area contributed by atoms with Gasteiger partial charge in [0.2, 0.25) is 0 Å². The second-order valence-electron chi connectivity index (χ2n) is 5.10. The first kappa shape index (κ1) is 20.7. The summed E-state index contributed by atoms with van der Waals surface area (Å²) < 4.78 is 0. The van der Waals surface area contributed by atoms with E-state index in [1.165, 1.54) is 56.9 Å². The summed E-state index contributed by atoms with van der Waals surface area (Å²) in [7, 11) is 0. The molecule has 0 aromatic heterocycles. The van der Waals surface area contributed by atoms with Crippen molar-refractivity contribution >= 4 is 40.9 Å². The van der Waals surface area contributed by atoms with Crippen molar-refractivity contribution in [1.29, 1.82) is 10.5 Å². The first-order chi connectivity index (χ1) is 11.7. The van der Waals surface area contributed by atoms with E-state index in [1.54, 1.807) is 0 Å². The molecule has 0 amide bonds. The molecule has 1 aromatic carbocycles. The van der Waals surface area contributed by atoms with Gasteiger partial charge in [0.25, 0.3) is 0 Å². The van der Waals surface area contributed by atoms with Crippen LogP contribution in [-0.2, 0) is 37.3 Å². The Morgan fingerprint density at radius 1 is 0.792 bits per heavy atom. The molecule has 6 heteroatoms. The van der Waals surface area contributed by atoms with Gasteiger partial charge in [-0.25, -0.2) is 4.99 Å². The van der Waals surface area contributed by atoms with Crippen LogP contribution in [0.3, 0.4) is 0 Å². The van der Waals surface area contributed by atoms with Crippen LogP contribution in [0, 0.1) is 21.3 Å². The number of nitriles is 2. The highest BCUT2D eigenvalue weighted by Gasteiger charge is 2.21. The van der Waals surface area contributed by atoms with Gasteiger partial charge in [-0.15, -0.1) is 0 Å². The number of rotatable bonds is 9. The smallest absolute Gasteiger partial charge is 0.133 e. The van der Waals surface area contributed by atoms with Crippen molar-refractivity contribution in [3.8, 4) is 10.8 Å². The lowest BCUT2D eigenvalue weighted by molar-refractivity contribution is 0.907. The van der Waals surface area contributed by atoms with Gasteiger partial charge in [-0.2, -0.15) is 10.5 Å². The first-order valence-corrected chi connectivity index (χ1v) is 10.3. The molecular formula is C18H21N3S3. The lowest BCUT2D eigenvalue weighted by atomic mass is 9.84. The fraction of sp³-hybridized carbons (Fsp3) is 0.500. The zero-order chi connectivity index (χ0) is 17.9. The maximum absolute atomic E-state index is 9.00. The Morgan fingerprint density at radius 2 is 1.21 bits per heavy atom. The molecule has 1 aromatic rings. The fourth-order valence-electron chi connectivity index (χ4n) is 3.23. The number of thioether (sulfide) groups is 2. The molecule has 0 aliphatic rings. The SMILES string of the molecule is CCc1c(CN=C=S)c(CC)c(CSC#N)c(CC)c1CSC#N. The van der Waals surface area contributed by atoms with Crippen LogP contribution in [0.2, 0.25) is 0 Å². The molecule has 0 radical (unpaired) electrons. The van der Waals surface area contributed by atoms with E-state index >= 15 is 0 Å². The van der Waals surface area contributed by atoms with Crippen molar-refractivity contribution in [2.75, 3.05) is 0 Å². The van der Waals surface area contributed by atoms with Gasteiger partial charge in [0, 0.05) is 11.5 Å². The lowest BCUT2D eigenvalue weighted by Crippen LogP contribution is -2.12. The van der Waals surface area contributed by atoms with Gasteiger partial charge >= 0.3 is 0 Å². The second kappa shape index (κ2) is 11.3. The van der Waals surface area contributed by atoms with Crippen molar-refractivity contribution in [3.05, 3.63) is 33.4 Å². The summed E-state index contributed by atoms with van der Waals surface area (Å²) in [5.41, 5.74) is 7.55.